The van der Waals surface area contributed by atoms with Crippen molar-refractivity contribution in [2.45, 2.75) is 25.8 Å². The fourth-order valence-corrected chi connectivity index (χ4v) is 2.57. The second kappa shape index (κ2) is 7.95. The van der Waals surface area contributed by atoms with Crippen molar-refractivity contribution in [1.29, 1.82) is 0 Å². The van der Waals surface area contributed by atoms with Crippen molar-refractivity contribution in [3.05, 3.63) is 71.6 Å². The van der Waals surface area contributed by atoms with Gasteiger partial charge in [-0.2, -0.15) is 0 Å². The minimum absolute atomic E-state index is 0.0670. The molecule has 1 aliphatic carbocycles. The number of benzene rings is 2. The Labute approximate surface area is 152 Å². The van der Waals surface area contributed by atoms with Crippen LogP contribution in [0.2, 0.25) is 0 Å². The summed E-state index contributed by atoms with van der Waals surface area (Å²) in [4.78, 5) is 23.8. The summed E-state index contributed by atoms with van der Waals surface area (Å²) in [5, 5.41) is 5.72. The summed E-state index contributed by atoms with van der Waals surface area (Å²) >= 11 is 0. The fourth-order valence-electron chi connectivity index (χ4n) is 2.57. The van der Waals surface area contributed by atoms with Crippen molar-refractivity contribution in [3.8, 4) is 0 Å². The van der Waals surface area contributed by atoms with Crippen molar-refractivity contribution in [2.75, 3.05) is 5.32 Å². The SMILES string of the molecule is CC(NC(=O)/C=C/c1ccccc1F)c1ccc(NC(=O)C2CC2)cc1. The van der Waals surface area contributed by atoms with E-state index in [9.17, 15) is 14.0 Å². The van der Waals surface area contributed by atoms with Gasteiger partial charge in [0.1, 0.15) is 5.82 Å². The molecule has 2 N–H and O–H groups in total. The smallest absolute Gasteiger partial charge is 0.244 e. The molecular weight excluding hydrogens is 331 g/mol. The van der Waals surface area contributed by atoms with Gasteiger partial charge in [-0.25, -0.2) is 4.39 Å². The van der Waals surface area contributed by atoms with E-state index in [1.165, 1.54) is 18.2 Å². The molecule has 4 nitrogen and oxygen atoms in total. The van der Waals surface area contributed by atoms with Gasteiger partial charge in [0.15, 0.2) is 0 Å². The molecule has 0 bridgehead atoms. The minimum Gasteiger partial charge on any atom is -0.346 e. The molecule has 0 heterocycles. The van der Waals surface area contributed by atoms with Crippen LogP contribution in [0.3, 0.4) is 0 Å². The monoisotopic (exact) mass is 352 g/mol. The quantitative estimate of drug-likeness (QED) is 0.770. The maximum atomic E-state index is 13.5. The van der Waals surface area contributed by atoms with Gasteiger partial charge in [-0.3, -0.25) is 9.59 Å². The summed E-state index contributed by atoms with van der Waals surface area (Å²) in [6, 6.07) is 13.5. The first-order chi connectivity index (χ1) is 12.5. The molecule has 3 rings (SSSR count). The Morgan fingerprint density at radius 1 is 1.12 bits per heavy atom. The van der Waals surface area contributed by atoms with Crippen molar-refractivity contribution in [2.24, 2.45) is 5.92 Å². The van der Waals surface area contributed by atoms with Crippen molar-refractivity contribution < 1.29 is 14.0 Å². The van der Waals surface area contributed by atoms with Gasteiger partial charge in [0.05, 0.1) is 6.04 Å². The van der Waals surface area contributed by atoms with Crippen LogP contribution in [0.1, 0.15) is 36.9 Å². The lowest BCUT2D eigenvalue weighted by Crippen LogP contribution is -2.24. The number of nitrogens with one attached hydrogen (secondary N) is 2. The highest BCUT2D eigenvalue weighted by Crippen LogP contribution is 2.30. The molecule has 0 spiro atoms. The van der Waals surface area contributed by atoms with E-state index >= 15 is 0 Å². The third kappa shape index (κ3) is 4.79. The van der Waals surface area contributed by atoms with Gasteiger partial charge in [0.2, 0.25) is 11.8 Å². The molecule has 26 heavy (non-hydrogen) atoms. The second-order valence-electron chi connectivity index (χ2n) is 6.47. The number of carbonyl (C=O) groups is 2. The molecule has 1 fully saturated rings. The molecule has 0 radical (unpaired) electrons. The number of carbonyl (C=O) groups excluding carboxylic acids is 2. The molecular formula is C21H21FN2O2. The van der Waals surface area contributed by atoms with Crippen LogP contribution >= 0.6 is 0 Å². The zero-order chi connectivity index (χ0) is 18.5. The van der Waals surface area contributed by atoms with E-state index in [1.54, 1.807) is 18.2 Å². The lowest BCUT2D eigenvalue weighted by Gasteiger charge is -2.14. The molecule has 1 aliphatic rings. The number of halogens is 1. The van der Waals surface area contributed by atoms with Gasteiger partial charge < -0.3 is 10.6 Å². The third-order valence-corrected chi connectivity index (χ3v) is 4.30. The highest BCUT2D eigenvalue weighted by Gasteiger charge is 2.29. The van der Waals surface area contributed by atoms with Crippen LogP contribution in [0.15, 0.2) is 54.6 Å². The molecule has 1 unspecified atom stereocenters. The van der Waals surface area contributed by atoms with Crippen molar-refractivity contribution in [1.82, 2.24) is 5.32 Å². The Morgan fingerprint density at radius 3 is 2.46 bits per heavy atom. The maximum Gasteiger partial charge on any atom is 0.244 e. The Kier molecular flexibility index (Phi) is 5.46. The lowest BCUT2D eigenvalue weighted by atomic mass is 10.1. The van der Waals surface area contributed by atoms with E-state index in [0.29, 0.717) is 5.56 Å². The summed E-state index contributed by atoms with van der Waals surface area (Å²) in [6.45, 7) is 1.87. The highest BCUT2D eigenvalue weighted by atomic mass is 19.1. The van der Waals surface area contributed by atoms with Crippen LogP contribution in [0, 0.1) is 11.7 Å². The van der Waals surface area contributed by atoms with Gasteiger partial charge in [-0.05, 0) is 49.6 Å². The maximum absolute atomic E-state index is 13.5. The van der Waals surface area contributed by atoms with Crippen LogP contribution < -0.4 is 10.6 Å². The van der Waals surface area contributed by atoms with Gasteiger partial charge in [-0.15, -0.1) is 0 Å². The Morgan fingerprint density at radius 2 is 1.81 bits per heavy atom. The lowest BCUT2D eigenvalue weighted by molar-refractivity contribution is -0.118. The fraction of sp³-hybridized carbons (Fsp3) is 0.238. The first-order valence-corrected chi connectivity index (χ1v) is 8.67. The number of amides is 2. The van der Waals surface area contributed by atoms with E-state index in [1.807, 2.05) is 31.2 Å². The summed E-state index contributed by atoms with van der Waals surface area (Å²) in [5.41, 5.74) is 2.04. The molecule has 134 valence electrons. The first kappa shape index (κ1) is 17.9. The zero-order valence-corrected chi connectivity index (χ0v) is 14.5. The van der Waals surface area contributed by atoms with Gasteiger partial charge in [0.25, 0.3) is 0 Å². The molecule has 0 aromatic heterocycles. The predicted molar refractivity (Wildman–Crippen MR) is 99.8 cm³/mol. The Balaban J connectivity index is 1.55. The highest BCUT2D eigenvalue weighted by molar-refractivity contribution is 5.94. The van der Waals surface area contributed by atoms with Crippen LogP contribution in [-0.2, 0) is 9.59 Å². The normalized spacial score (nSPS) is 14.8. The molecule has 2 amide bonds. The number of hydrogen-bond acceptors (Lipinski definition) is 2. The summed E-state index contributed by atoms with van der Waals surface area (Å²) in [6.07, 6.45) is 4.70. The van der Waals surface area contributed by atoms with E-state index in [0.717, 1.165) is 24.1 Å². The average Bonchev–Trinajstić information content (AvgIpc) is 3.47. The van der Waals surface area contributed by atoms with Gasteiger partial charge in [-0.1, -0.05) is 30.3 Å². The van der Waals surface area contributed by atoms with Crippen LogP contribution in [0.25, 0.3) is 6.08 Å². The zero-order valence-electron chi connectivity index (χ0n) is 14.5. The molecule has 0 saturated heterocycles. The van der Waals surface area contributed by atoms with E-state index in [-0.39, 0.29) is 29.6 Å². The molecule has 1 atom stereocenters. The molecule has 1 saturated carbocycles. The topological polar surface area (TPSA) is 58.2 Å². The molecule has 2 aromatic rings. The Bertz CT molecular complexity index is 826. The predicted octanol–water partition coefficient (Wildman–Crippen LogP) is 4.06. The number of hydrogen-bond donors (Lipinski definition) is 2. The van der Waals surface area contributed by atoms with E-state index in [2.05, 4.69) is 10.6 Å². The first-order valence-electron chi connectivity index (χ1n) is 8.67. The molecule has 2 aromatic carbocycles. The minimum atomic E-state index is -0.367. The van der Waals surface area contributed by atoms with Gasteiger partial charge in [0, 0.05) is 23.2 Å². The number of anilines is 1. The molecule has 5 heteroatoms. The van der Waals surface area contributed by atoms with Crippen LogP contribution in [0.5, 0.6) is 0 Å². The third-order valence-electron chi connectivity index (χ3n) is 4.30. The Hall–Kier alpha value is -2.95. The van der Waals surface area contributed by atoms with E-state index in [4.69, 9.17) is 0 Å². The van der Waals surface area contributed by atoms with Crippen molar-refractivity contribution >= 4 is 23.6 Å². The summed E-state index contributed by atoms with van der Waals surface area (Å²) < 4.78 is 13.5. The number of rotatable bonds is 6. The average molecular weight is 352 g/mol. The van der Waals surface area contributed by atoms with Crippen LogP contribution in [0.4, 0.5) is 10.1 Å². The second-order valence-corrected chi connectivity index (χ2v) is 6.47. The van der Waals surface area contributed by atoms with Crippen LogP contribution in [-0.4, -0.2) is 11.8 Å². The van der Waals surface area contributed by atoms with E-state index < -0.39 is 0 Å². The van der Waals surface area contributed by atoms with Crippen molar-refractivity contribution in [3.63, 3.8) is 0 Å². The summed E-state index contributed by atoms with van der Waals surface area (Å²) in [5.74, 6) is -0.438. The molecule has 0 aliphatic heterocycles. The largest absolute Gasteiger partial charge is 0.346 e. The van der Waals surface area contributed by atoms with Gasteiger partial charge >= 0.3 is 0 Å². The standard InChI is InChI=1S/C21H21FN2O2/c1-14(23-20(25)13-10-16-4-2-3-5-19(16)22)15-8-11-18(12-9-15)24-21(26)17-6-7-17/h2-5,8-14,17H,6-7H2,1H3,(H,23,25)(H,24,26)/b13-10+. The summed E-state index contributed by atoms with van der Waals surface area (Å²) in [7, 11) is 0.